The topological polar surface area (TPSA) is 238 Å². The number of carbonyl (C=O) groups excluding carboxylic acids is 5. The third-order valence-corrected chi connectivity index (χ3v) is 8.77. The summed E-state index contributed by atoms with van der Waals surface area (Å²) in [7, 11) is 1.23. The molecule has 7 N–H and O–H groups in total. The Bertz CT molecular complexity index is 1620. The van der Waals surface area contributed by atoms with Crippen LogP contribution in [0.4, 0.5) is 10.5 Å². The van der Waals surface area contributed by atoms with Gasteiger partial charge in [0.25, 0.3) is 0 Å². The quantitative estimate of drug-likeness (QED) is 0.130. The summed E-state index contributed by atoms with van der Waals surface area (Å²) < 4.78 is 0. The number of primary amides is 1. The fourth-order valence-electron chi connectivity index (χ4n) is 6.28. The normalized spacial score (nSPS) is 17.2. The van der Waals surface area contributed by atoms with Crippen LogP contribution in [0, 0.1) is 11.8 Å². The summed E-state index contributed by atoms with van der Waals surface area (Å²) in [5, 5.41) is 28.7. The number of nitrogens with one attached hydrogen (secondary N) is 3. The maximum atomic E-state index is 14.2. The maximum absolute atomic E-state index is 14.2. The minimum Gasteiger partial charge on any atom is -0.481 e. The molecule has 0 saturated carbocycles. The highest BCUT2D eigenvalue weighted by molar-refractivity contribution is 5.97. The molecule has 2 aromatic carbocycles. The zero-order valence-electron chi connectivity index (χ0n) is 30.0. The van der Waals surface area contributed by atoms with Crippen molar-refractivity contribution in [1.82, 2.24) is 20.9 Å². The van der Waals surface area contributed by atoms with Gasteiger partial charge in [-0.25, -0.2) is 9.59 Å². The van der Waals surface area contributed by atoms with Crippen molar-refractivity contribution in [3.8, 4) is 0 Å². The number of nitrogens with two attached hydrogens (primary N) is 1. The molecule has 1 fully saturated rings. The lowest BCUT2D eigenvalue weighted by atomic mass is 9.86. The molecule has 282 valence electrons. The minimum atomic E-state index is -1.84. The third-order valence-electron chi connectivity index (χ3n) is 8.77. The number of rotatable bonds is 17. The Hall–Kier alpha value is -5.51. The van der Waals surface area contributed by atoms with Crippen molar-refractivity contribution < 1.29 is 48.6 Å². The Morgan fingerprint density at radius 2 is 1.50 bits per heavy atom. The molecule has 1 heterocycles. The van der Waals surface area contributed by atoms with E-state index >= 15 is 0 Å². The van der Waals surface area contributed by atoms with Crippen LogP contribution in [-0.4, -0.2) is 88.5 Å². The third kappa shape index (κ3) is 10.1. The van der Waals surface area contributed by atoms with E-state index in [-0.39, 0.29) is 43.0 Å². The Morgan fingerprint density at radius 3 is 2.02 bits per heavy atom. The first-order chi connectivity index (χ1) is 24.5. The highest BCUT2D eigenvalue weighted by atomic mass is 16.7. The molecule has 0 aromatic heterocycles. The number of carboxylic acids is 2. The van der Waals surface area contributed by atoms with Crippen molar-refractivity contribution in [1.29, 1.82) is 0 Å². The molecule has 52 heavy (non-hydrogen) atoms. The van der Waals surface area contributed by atoms with Gasteiger partial charge in [0.15, 0.2) is 5.54 Å². The van der Waals surface area contributed by atoms with Crippen LogP contribution in [0.3, 0.4) is 0 Å². The summed E-state index contributed by atoms with van der Waals surface area (Å²) in [4.78, 5) is 96.9. The average molecular weight is 725 g/mol. The van der Waals surface area contributed by atoms with E-state index in [9.17, 15) is 43.8 Å². The van der Waals surface area contributed by atoms with Gasteiger partial charge in [0.1, 0.15) is 18.1 Å². The number of benzene rings is 2. The van der Waals surface area contributed by atoms with Crippen molar-refractivity contribution in [2.75, 3.05) is 18.7 Å². The molecular formula is C36H48N6O10. The van der Waals surface area contributed by atoms with E-state index in [1.807, 2.05) is 13.8 Å². The van der Waals surface area contributed by atoms with Crippen LogP contribution >= 0.6 is 0 Å². The van der Waals surface area contributed by atoms with Gasteiger partial charge in [-0.15, -0.1) is 0 Å². The number of anilines is 1. The summed E-state index contributed by atoms with van der Waals surface area (Å²) in [6, 6.07) is 9.67. The summed E-state index contributed by atoms with van der Waals surface area (Å²) in [6.07, 6.45) is -0.282. The predicted octanol–water partition coefficient (Wildman–Crippen LogP) is 1.91. The monoisotopic (exact) mass is 724 g/mol. The number of likely N-dealkylation sites (tertiary alicyclic amines) is 1. The molecule has 0 radical (unpaired) electrons. The highest BCUT2D eigenvalue weighted by Gasteiger charge is 2.53. The van der Waals surface area contributed by atoms with E-state index < -0.39 is 77.6 Å². The Labute approximate surface area is 302 Å². The second-order valence-corrected chi connectivity index (χ2v) is 13.4. The smallest absolute Gasteiger partial charge is 0.343 e. The molecule has 0 unspecified atom stereocenters. The lowest BCUT2D eigenvalue weighted by Crippen LogP contribution is -2.61. The van der Waals surface area contributed by atoms with Crippen LogP contribution < -0.4 is 26.7 Å². The van der Waals surface area contributed by atoms with Gasteiger partial charge < -0.3 is 36.8 Å². The largest absolute Gasteiger partial charge is 0.481 e. The van der Waals surface area contributed by atoms with Crippen LogP contribution in [0.5, 0.6) is 0 Å². The van der Waals surface area contributed by atoms with Gasteiger partial charge >= 0.3 is 18.0 Å². The molecule has 3 rings (SSSR count). The van der Waals surface area contributed by atoms with E-state index in [4.69, 9.17) is 10.6 Å². The van der Waals surface area contributed by atoms with Crippen LogP contribution in [0.25, 0.3) is 0 Å². The molecule has 16 heteroatoms. The molecule has 0 spiro atoms. The van der Waals surface area contributed by atoms with E-state index in [1.165, 1.54) is 36.3 Å². The Kier molecular flexibility index (Phi) is 14.3. The van der Waals surface area contributed by atoms with Gasteiger partial charge in [-0.1, -0.05) is 70.2 Å². The van der Waals surface area contributed by atoms with E-state index in [2.05, 4.69) is 16.0 Å². The molecule has 6 amide bonds. The van der Waals surface area contributed by atoms with Crippen molar-refractivity contribution >= 4 is 47.3 Å². The molecular weight excluding hydrogens is 676 g/mol. The van der Waals surface area contributed by atoms with Crippen molar-refractivity contribution in [3.63, 3.8) is 0 Å². The minimum absolute atomic E-state index is 0.00259. The molecule has 0 aliphatic carbocycles. The first kappa shape index (κ1) is 40.9. The second-order valence-electron chi connectivity index (χ2n) is 13.4. The second kappa shape index (κ2) is 18.1. The number of hydroxylamine groups is 1. The van der Waals surface area contributed by atoms with Crippen molar-refractivity contribution in [2.45, 2.75) is 83.5 Å². The molecule has 16 nitrogen and oxygen atoms in total. The number of urea groups is 1. The number of hydrogen-bond donors (Lipinski definition) is 6. The summed E-state index contributed by atoms with van der Waals surface area (Å²) >= 11 is 0. The van der Waals surface area contributed by atoms with E-state index in [0.717, 1.165) is 10.6 Å². The number of aliphatic carboxylic acids is 2. The van der Waals surface area contributed by atoms with Gasteiger partial charge in [0, 0.05) is 6.54 Å². The lowest BCUT2D eigenvalue weighted by Gasteiger charge is -2.38. The predicted molar refractivity (Wildman–Crippen MR) is 188 cm³/mol. The first-order valence-corrected chi connectivity index (χ1v) is 17.0. The molecule has 1 aliphatic heterocycles. The zero-order chi connectivity index (χ0) is 38.7. The van der Waals surface area contributed by atoms with Crippen LogP contribution in [0.1, 0.15) is 64.5 Å². The zero-order valence-corrected chi connectivity index (χ0v) is 30.0. The van der Waals surface area contributed by atoms with Crippen LogP contribution in [-0.2, 0) is 45.6 Å². The molecule has 1 aliphatic rings. The molecule has 2 aromatic rings. The highest BCUT2D eigenvalue weighted by Crippen LogP contribution is 2.41. The van der Waals surface area contributed by atoms with E-state index in [0.29, 0.717) is 6.42 Å². The van der Waals surface area contributed by atoms with Gasteiger partial charge in [0.2, 0.25) is 23.6 Å². The molecule has 0 bridgehead atoms. The fourth-order valence-corrected chi connectivity index (χ4v) is 6.28. The summed E-state index contributed by atoms with van der Waals surface area (Å²) in [5.74, 6) is -6.30. The SMILES string of the molecule is CON(C(N)=O)c1ccc([C@]2(C(=O)O)CCCN2C(=O)[C@@H](NC(=O)[C@H](CC(=O)O)NC(=O)[C@H](CC(C)C)NC(=O)Cc2ccccc2)C(C)C)cc1. The lowest BCUT2D eigenvalue weighted by molar-refractivity contribution is -0.159. The number of nitrogens with zero attached hydrogens (tertiary/aromatic N) is 2. The van der Waals surface area contributed by atoms with Gasteiger partial charge in [0.05, 0.1) is 25.6 Å². The number of carbonyl (C=O) groups is 7. The van der Waals surface area contributed by atoms with Crippen LogP contribution in [0.2, 0.25) is 0 Å². The summed E-state index contributed by atoms with van der Waals surface area (Å²) in [5.41, 5.74) is 4.67. The summed E-state index contributed by atoms with van der Waals surface area (Å²) in [6.45, 7) is 6.97. The first-order valence-electron chi connectivity index (χ1n) is 17.0. The van der Waals surface area contributed by atoms with Gasteiger partial charge in [-0.2, -0.15) is 5.06 Å². The maximum Gasteiger partial charge on any atom is 0.343 e. The number of carboxylic acid groups (broad SMARTS) is 2. The average Bonchev–Trinajstić information content (AvgIpc) is 3.53. The van der Waals surface area contributed by atoms with E-state index in [1.54, 1.807) is 44.2 Å². The van der Waals surface area contributed by atoms with Gasteiger partial charge in [-0.3, -0.25) is 28.8 Å². The fraction of sp³-hybridized carbons (Fsp3) is 0.472. The number of hydrogen-bond acceptors (Lipinski definition) is 8. The Morgan fingerprint density at radius 1 is 0.885 bits per heavy atom. The molecule has 4 atom stereocenters. The van der Waals surface area contributed by atoms with Gasteiger partial charge in [-0.05, 0) is 54.4 Å². The number of amides is 6. The van der Waals surface area contributed by atoms with Crippen molar-refractivity contribution in [2.24, 2.45) is 17.6 Å². The van der Waals surface area contributed by atoms with Crippen molar-refractivity contribution in [3.05, 3.63) is 65.7 Å². The molecule has 1 saturated heterocycles. The van der Waals surface area contributed by atoms with Crippen LogP contribution in [0.15, 0.2) is 54.6 Å². The standard InChI is InChI=1S/C36H48N6O10/c1-21(2)18-26(38-28(43)19-23-10-7-6-8-11-23)31(46)39-27(20-29(44)45)32(47)40-30(22(3)4)33(48)41-17-9-16-36(41,34(49)50)24-12-14-25(15-13-24)42(52-5)35(37)51/h6-8,10-15,21-22,26-27,30H,9,16-20H2,1-5H3,(H2,37,51)(H,38,43)(H,39,46)(H,40,47)(H,44,45)(H,49,50)/t26-,27-,30-,36-/m0/s1. The Balaban J connectivity index is 1.86.